The van der Waals surface area contributed by atoms with Crippen LogP contribution in [0, 0.1) is 11.3 Å². The van der Waals surface area contributed by atoms with Crippen molar-refractivity contribution in [1.82, 2.24) is 0 Å². The molecular formula is C15H11N3O2. The van der Waals surface area contributed by atoms with Gasteiger partial charge in [-0.2, -0.15) is 5.26 Å². The van der Waals surface area contributed by atoms with Crippen LogP contribution in [0.2, 0.25) is 0 Å². The molecule has 2 rings (SSSR count). The molecule has 98 valence electrons. The van der Waals surface area contributed by atoms with Crippen molar-refractivity contribution >= 4 is 23.0 Å². The highest BCUT2D eigenvalue weighted by Crippen LogP contribution is 2.33. The van der Waals surface area contributed by atoms with E-state index in [0.717, 1.165) is 5.56 Å². The van der Waals surface area contributed by atoms with Crippen molar-refractivity contribution in [2.24, 2.45) is 10.7 Å². The van der Waals surface area contributed by atoms with E-state index < -0.39 is 5.91 Å². The van der Waals surface area contributed by atoms with E-state index in [1.807, 2.05) is 6.07 Å². The molecule has 1 aliphatic rings. The summed E-state index contributed by atoms with van der Waals surface area (Å²) in [5, 5.41) is 9.01. The van der Waals surface area contributed by atoms with Gasteiger partial charge in [-0.3, -0.25) is 9.59 Å². The van der Waals surface area contributed by atoms with Crippen LogP contribution in [0.1, 0.15) is 22.8 Å². The van der Waals surface area contributed by atoms with E-state index in [4.69, 9.17) is 11.0 Å². The second-order valence-corrected chi connectivity index (χ2v) is 4.26. The molecule has 0 aromatic heterocycles. The first kappa shape index (κ1) is 13.4. The summed E-state index contributed by atoms with van der Waals surface area (Å²) in [5.74, 6) is -1.12. The molecule has 20 heavy (non-hydrogen) atoms. The molecule has 1 aliphatic carbocycles. The highest BCUT2D eigenvalue weighted by Gasteiger charge is 2.27. The zero-order chi connectivity index (χ0) is 14.9. The molecule has 1 aromatic rings. The molecule has 0 saturated carbocycles. The lowest BCUT2D eigenvalue weighted by atomic mass is 10.1. The molecule has 0 heterocycles. The van der Waals surface area contributed by atoms with E-state index in [2.05, 4.69) is 11.6 Å². The van der Waals surface area contributed by atoms with Gasteiger partial charge >= 0.3 is 0 Å². The number of benzene rings is 1. The quantitative estimate of drug-likeness (QED) is 0.664. The largest absolute Gasteiger partial charge is 0.366 e. The third-order valence-electron chi connectivity index (χ3n) is 3.06. The monoisotopic (exact) mass is 265 g/mol. The van der Waals surface area contributed by atoms with Crippen molar-refractivity contribution in [1.29, 1.82) is 5.26 Å². The van der Waals surface area contributed by atoms with E-state index >= 15 is 0 Å². The molecule has 1 amide bonds. The van der Waals surface area contributed by atoms with E-state index in [1.54, 1.807) is 31.2 Å². The van der Waals surface area contributed by atoms with Gasteiger partial charge < -0.3 is 5.73 Å². The molecule has 0 fully saturated rings. The van der Waals surface area contributed by atoms with Crippen LogP contribution in [0.4, 0.5) is 0 Å². The van der Waals surface area contributed by atoms with E-state index in [0.29, 0.717) is 11.1 Å². The molecular weight excluding hydrogens is 254 g/mol. The van der Waals surface area contributed by atoms with Crippen LogP contribution in [0.25, 0.3) is 5.57 Å². The first-order chi connectivity index (χ1) is 9.47. The summed E-state index contributed by atoms with van der Waals surface area (Å²) in [5.41, 5.74) is 6.73. The van der Waals surface area contributed by atoms with E-state index in [9.17, 15) is 9.59 Å². The highest BCUT2D eigenvalue weighted by atomic mass is 16.1. The summed E-state index contributed by atoms with van der Waals surface area (Å²) in [4.78, 5) is 27.3. The second-order valence-electron chi connectivity index (χ2n) is 4.26. The van der Waals surface area contributed by atoms with Gasteiger partial charge in [0.15, 0.2) is 5.71 Å². The number of carbonyl (C=O) groups excluding carboxylic acids is 2. The smallest absolute Gasteiger partial charge is 0.251 e. The molecule has 5 heteroatoms. The summed E-state index contributed by atoms with van der Waals surface area (Å²) >= 11 is 0. The van der Waals surface area contributed by atoms with Crippen LogP contribution in [0.5, 0.6) is 0 Å². The Morgan fingerprint density at radius 3 is 2.45 bits per heavy atom. The predicted octanol–water partition coefficient (Wildman–Crippen LogP) is 1.62. The number of aliphatic imine (C=N–C) groups is 1. The number of fused-ring (bicyclic) bond motifs is 1. The summed E-state index contributed by atoms with van der Waals surface area (Å²) in [6, 6.07) is 8.81. The van der Waals surface area contributed by atoms with Crippen LogP contribution in [0.15, 0.2) is 47.1 Å². The Labute approximate surface area is 115 Å². The Hall–Kier alpha value is -3.00. The van der Waals surface area contributed by atoms with Crippen molar-refractivity contribution < 1.29 is 9.59 Å². The zero-order valence-electron chi connectivity index (χ0n) is 10.8. The maximum absolute atomic E-state index is 12.2. The molecule has 0 unspecified atom stereocenters. The van der Waals surface area contributed by atoms with E-state index in [-0.39, 0.29) is 22.8 Å². The Kier molecular flexibility index (Phi) is 3.32. The minimum atomic E-state index is -0.841. The minimum absolute atomic E-state index is 0.144. The Morgan fingerprint density at radius 1 is 1.35 bits per heavy atom. The fourth-order valence-electron chi connectivity index (χ4n) is 1.96. The number of primary amides is 1. The average Bonchev–Trinajstić information content (AvgIpc) is 2.68. The first-order valence-corrected chi connectivity index (χ1v) is 5.80. The standard InChI is InChI=1S/C15H11N3O2/c1-8-10-5-3-4-6-11(10)14(19)13(8)18-12(7-16)9(2)15(17)20/h3-6H,2H2,1H3,(H2,17,20)/b18-12-. The predicted molar refractivity (Wildman–Crippen MR) is 74.7 cm³/mol. The molecule has 0 aliphatic heterocycles. The van der Waals surface area contributed by atoms with Gasteiger partial charge in [0.05, 0.1) is 5.57 Å². The maximum Gasteiger partial charge on any atom is 0.251 e. The summed E-state index contributed by atoms with van der Waals surface area (Å²) < 4.78 is 0. The number of allylic oxidation sites excluding steroid dienone is 2. The lowest BCUT2D eigenvalue weighted by molar-refractivity contribution is -0.114. The van der Waals surface area contributed by atoms with Gasteiger partial charge in [-0.15, -0.1) is 0 Å². The normalized spacial score (nSPS) is 14.0. The highest BCUT2D eigenvalue weighted by molar-refractivity contribution is 6.29. The maximum atomic E-state index is 12.2. The lowest BCUT2D eigenvalue weighted by Gasteiger charge is -1.99. The van der Waals surface area contributed by atoms with Crippen molar-refractivity contribution in [3.05, 3.63) is 53.2 Å². The van der Waals surface area contributed by atoms with Crippen molar-refractivity contribution in [2.45, 2.75) is 6.92 Å². The van der Waals surface area contributed by atoms with Crippen molar-refractivity contribution in [2.75, 3.05) is 0 Å². The van der Waals surface area contributed by atoms with Crippen molar-refractivity contribution in [3.8, 4) is 6.07 Å². The van der Waals surface area contributed by atoms with Gasteiger partial charge in [0.2, 0.25) is 5.78 Å². The number of ketones is 1. The van der Waals surface area contributed by atoms with Gasteiger partial charge in [0.1, 0.15) is 11.8 Å². The zero-order valence-corrected chi connectivity index (χ0v) is 10.8. The fourth-order valence-corrected chi connectivity index (χ4v) is 1.96. The first-order valence-electron chi connectivity index (χ1n) is 5.80. The molecule has 0 bridgehead atoms. The van der Waals surface area contributed by atoms with Crippen molar-refractivity contribution in [3.63, 3.8) is 0 Å². The summed E-state index contributed by atoms with van der Waals surface area (Å²) in [6.07, 6.45) is 0. The topological polar surface area (TPSA) is 96.3 Å². The molecule has 0 radical (unpaired) electrons. The average molecular weight is 265 g/mol. The second kappa shape index (κ2) is 4.94. The number of nitrogens with two attached hydrogens (primary N) is 1. The molecule has 0 saturated heterocycles. The summed E-state index contributed by atoms with van der Waals surface area (Å²) in [7, 11) is 0. The SMILES string of the molecule is C=C(C(N)=O)/C(C#N)=N\C1=C(C)c2ccccc2C1=O. The Balaban J connectivity index is 2.54. The number of amides is 1. The summed E-state index contributed by atoms with van der Waals surface area (Å²) in [6.45, 7) is 5.15. The van der Waals surface area contributed by atoms with Gasteiger partial charge in [-0.1, -0.05) is 30.8 Å². The number of hydrogen-bond acceptors (Lipinski definition) is 4. The molecule has 0 atom stereocenters. The Bertz CT molecular complexity index is 749. The minimum Gasteiger partial charge on any atom is -0.366 e. The fraction of sp³-hybridized carbons (Fsp3) is 0.0667. The lowest BCUT2D eigenvalue weighted by Crippen LogP contribution is -2.19. The Morgan fingerprint density at radius 2 is 1.95 bits per heavy atom. The number of rotatable bonds is 3. The molecule has 5 nitrogen and oxygen atoms in total. The van der Waals surface area contributed by atoms with Gasteiger partial charge in [0, 0.05) is 5.56 Å². The van der Waals surface area contributed by atoms with Gasteiger partial charge in [-0.25, -0.2) is 4.99 Å². The van der Waals surface area contributed by atoms with Crippen LogP contribution >= 0.6 is 0 Å². The molecule has 1 aromatic carbocycles. The number of hydrogen-bond donors (Lipinski definition) is 1. The van der Waals surface area contributed by atoms with Crippen LogP contribution < -0.4 is 5.73 Å². The van der Waals surface area contributed by atoms with E-state index in [1.165, 1.54) is 0 Å². The number of carbonyl (C=O) groups is 2. The van der Waals surface area contributed by atoms with Gasteiger partial charge in [0.25, 0.3) is 5.91 Å². The third kappa shape index (κ3) is 2.04. The molecule has 0 spiro atoms. The number of Topliss-reactive ketones (excluding diaryl/α,β-unsaturated/α-hetero) is 1. The van der Waals surface area contributed by atoms with Crippen LogP contribution in [-0.2, 0) is 4.79 Å². The number of nitrogens with zero attached hydrogens (tertiary/aromatic N) is 2. The van der Waals surface area contributed by atoms with Gasteiger partial charge in [-0.05, 0) is 18.1 Å². The third-order valence-corrected chi connectivity index (χ3v) is 3.06. The van der Waals surface area contributed by atoms with Crippen LogP contribution in [-0.4, -0.2) is 17.4 Å². The van der Waals surface area contributed by atoms with Crippen LogP contribution in [0.3, 0.4) is 0 Å². The number of nitriles is 1. The molecule has 2 N–H and O–H groups in total.